The van der Waals surface area contributed by atoms with E-state index >= 15 is 0 Å². The molecule has 2 fully saturated rings. The lowest BCUT2D eigenvalue weighted by atomic mass is 9.97. The molecule has 0 bridgehead atoms. The van der Waals surface area contributed by atoms with Crippen LogP contribution in [0.15, 0.2) is 0 Å². The van der Waals surface area contributed by atoms with Crippen molar-refractivity contribution in [2.45, 2.75) is 32.1 Å². The molecule has 2 saturated heterocycles. The number of carbonyl (C=O) groups is 1. The van der Waals surface area contributed by atoms with Crippen LogP contribution in [-0.2, 0) is 4.79 Å². The van der Waals surface area contributed by atoms with Gasteiger partial charge in [-0.15, -0.1) is 0 Å². The van der Waals surface area contributed by atoms with Crippen LogP contribution in [-0.4, -0.2) is 62.0 Å². The maximum absolute atomic E-state index is 11.9. The van der Waals surface area contributed by atoms with Gasteiger partial charge in [-0.1, -0.05) is 0 Å². The minimum absolute atomic E-state index is 0.294. The second-order valence-corrected chi connectivity index (χ2v) is 5.82. The highest BCUT2D eigenvalue weighted by Gasteiger charge is 2.18. The average molecular weight is 253 g/mol. The molecule has 0 aromatic heterocycles. The molecule has 2 aliphatic rings. The van der Waals surface area contributed by atoms with Gasteiger partial charge in [-0.2, -0.15) is 0 Å². The third-order valence-electron chi connectivity index (χ3n) is 4.26. The Morgan fingerprint density at radius 1 is 1.11 bits per heavy atom. The average Bonchev–Trinajstić information content (AvgIpc) is 2.42. The number of likely N-dealkylation sites (tertiary alicyclic amines) is 2. The van der Waals surface area contributed by atoms with Crippen LogP contribution in [0.5, 0.6) is 0 Å². The smallest absolute Gasteiger partial charge is 0.236 e. The molecule has 104 valence electrons. The van der Waals surface area contributed by atoms with Crippen molar-refractivity contribution in [3.05, 3.63) is 0 Å². The largest absolute Gasteiger partial charge is 0.342 e. The monoisotopic (exact) mass is 253 g/mol. The normalized spacial score (nSPS) is 23.3. The predicted molar refractivity (Wildman–Crippen MR) is 73.5 cm³/mol. The molecule has 2 rings (SSSR count). The Hall–Kier alpha value is -0.610. The molecule has 0 spiro atoms. The van der Waals surface area contributed by atoms with Gasteiger partial charge in [0.15, 0.2) is 0 Å². The number of rotatable bonds is 4. The van der Waals surface area contributed by atoms with E-state index in [-0.39, 0.29) is 0 Å². The summed E-state index contributed by atoms with van der Waals surface area (Å²) in [6.45, 7) is 5.88. The zero-order valence-corrected chi connectivity index (χ0v) is 11.7. The molecule has 1 amide bonds. The first-order valence-corrected chi connectivity index (χ1v) is 7.43. The third-order valence-corrected chi connectivity index (χ3v) is 4.26. The van der Waals surface area contributed by atoms with Gasteiger partial charge in [0.1, 0.15) is 0 Å². The van der Waals surface area contributed by atoms with Crippen LogP contribution in [0.3, 0.4) is 0 Å². The van der Waals surface area contributed by atoms with E-state index in [0.717, 1.165) is 25.6 Å². The van der Waals surface area contributed by atoms with E-state index in [1.165, 1.54) is 45.2 Å². The third kappa shape index (κ3) is 4.25. The molecule has 0 aromatic carbocycles. The van der Waals surface area contributed by atoms with Crippen LogP contribution in [0.1, 0.15) is 32.1 Å². The summed E-state index contributed by atoms with van der Waals surface area (Å²) in [6.07, 6.45) is 6.18. The Morgan fingerprint density at radius 3 is 2.44 bits per heavy atom. The fourth-order valence-electron chi connectivity index (χ4n) is 2.90. The number of amides is 1. The molecule has 0 aliphatic carbocycles. The van der Waals surface area contributed by atoms with Crippen molar-refractivity contribution in [2.24, 2.45) is 5.92 Å². The van der Waals surface area contributed by atoms with E-state index in [0.29, 0.717) is 12.5 Å². The Kier molecular flexibility index (Phi) is 5.45. The van der Waals surface area contributed by atoms with Crippen molar-refractivity contribution in [2.75, 3.05) is 46.3 Å². The summed E-state index contributed by atoms with van der Waals surface area (Å²) in [7, 11) is 2.18. The van der Waals surface area contributed by atoms with Crippen molar-refractivity contribution in [3.63, 3.8) is 0 Å². The second-order valence-electron chi connectivity index (χ2n) is 5.82. The molecule has 4 nitrogen and oxygen atoms in total. The van der Waals surface area contributed by atoms with Crippen molar-refractivity contribution < 1.29 is 4.79 Å². The molecule has 0 unspecified atom stereocenters. The highest BCUT2D eigenvalue weighted by atomic mass is 16.2. The first kappa shape index (κ1) is 13.8. The van der Waals surface area contributed by atoms with E-state index in [1.807, 2.05) is 4.90 Å². The van der Waals surface area contributed by atoms with E-state index in [2.05, 4.69) is 17.3 Å². The number of hydrogen-bond donors (Lipinski definition) is 1. The van der Waals surface area contributed by atoms with Gasteiger partial charge in [-0.3, -0.25) is 4.79 Å². The van der Waals surface area contributed by atoms with Gasteiger partial charge in [0.25, 0.3) is 0 Å². The Labute approximate surface area is 111 Å². The van der Waals surface area contributed by atoms with Crippen LogP contribution in [0.25, 0.3) is 0 Å². The fourth-order valence-corrected chi connectivity index (χ4v) is 2.90. The number of nitrogens with zero attached hydrogens (tertiary/aromatic N) is 2. The van der Waals surface area contributed by atoms with E-state index < -0.39 is 0 Å². The lowest BCUT2D eigenvalue weighted by Gasteiger charge is -2.30. The Bertz CT molecular complexity index is 256. The first-order chi connectivity index (χ1) is 8.75. The summed E-state index contributed by atoms with van der Waals surface area (Å²) in [5.41, 5.74) is 0. The van der Waals surface area contributed by atoms with Crippen molar-refractivity contribution in [1.29, 1.82) is 0 Å². The minimum Gasteiger partial charge on any atom is -0.342 e. The molecular formula is C14H27N3O. The summed E-state index contributed by atoms with van der Waals surface area (Å²) in [4.78, 5) is 16.4. The molecule has 0 atom stereocenters. The summed E-state index contributed by atoms with van der Waals surface area (Å²) < 4.78 is 0. The van der Waals surface area contributed by atoms with Crippen LogP contribution < -0.4 is 5.32 Å². The lowest BCUT2D eigenvalue weighted by Crippen LogP contribution is -2.43. The van der Waals surface area contributed by atoms with E-state index in [4.69, 9.17) is 0 Å². The second kappa shape index (κ2) is 7.10. The Morgan fingerprint density at radius 2 is 1.78 bits per heavy atom. The summed E-state index contributed by atoms with van der Waals surface area (Å²) in [6, 6.07) is 0. The molecule has 0 saturated carbocycles. The van der Waals surface area contributed by atoms with Crippen LogP contribution in [0, 0.1) is 5.92 Å². The molecule has 1 N–H and O–H groups in total. The maximum Gasteiger partial charge on any atom is 0.236 e. The lowest BCUT2D eigenvalue weighted by molar-refractivity contribution is -0.131. The van der Waals surface area contributed by atoms with Gasteiger partial charge >= 0.3 is 0 Å². The standard InChI is InChI=1S/C14H27N3O/c1-16-9-5-13(6-10-16)11-15-12-14(18)17-7-3-2-4-8-17/h13,15H,2-12H2,1H3. The molecule has 2 heterocycles. The van der Waals surface area contributed by atoms with E-state index in [1.54, 1.807) is 0 Å². The van der Waals surface area contributed by atoms with Crippen molar-refractivity contribution in [3.8, 4) is 0 Å². The van der Waals surface area contributed by atoms with Crippen LogP contribution >= 0.6 is 0 Å². The number of nitrogens with one attached hydrogen (secondary N) is 1. The summed E-state index contributed by atoms with van der Waals surface area (Å²) in [5, 5.41) is 3.36. The SMILES string of the molecule is CN1CCC(CNCC(=O)N2CCCCC2)CC1. The molecule has 2 aliphatic heterocycles. The van der Waals surface area contributed by atoms with Crippen LogP contribution in [0.4, 0.5) is 0 Å². The molecule has 4 heteroatoms. The minimum atomic E-state index is 0.294. The quantitative estimate of drug-likeness (QED) is 0.809. The van der Waals surface area contributed by atoms with Gasteiger partial charge in [-0.05, 0) is 64.7 Å². The van der Waals surface area contributed by atoms with Gasteiger partial charge in [-0.25, -0.2) is 0 Å². The summed E-state index contributed by atoms with van der Waals surface area (Å²) >= 11 is 0. The topological polar surface area (TPSA) is 35.6 Å². The first-order valence-electron chi connectivity index (χ1n) is 7.43. The van der Waals surface area contributed by atoms with Crippen molar-refractivity contribution in [1.82, 2.24) is 15.1 Å². The molecule has 18 heavy (non-hydrogen) atoms. The van der Waals surface area contributed by atoms with Gasteiger partial charge in [0, 0.05) is 13.1 Å². The highest BCUT2D eigenvalue weighted by molar-refractivity contribution is 5.78. The zero-order valence-electron chi connectivity index (χ0n) is 11.7. The maximum atomic E-state index is 11.9. The van der Waals surface area contributed by atoms with Gasteiger partial charge < -0.3 is 15.1 Å². The predicted octanol–water partition coefficient (Wildman–Crippen LogP) is 0.930. The van der Waals surface area contributed by atoms with Crippen LogP contribution in [0.2, 0.25) is 0 Å². The summed E-state index contributed by atoms with van der Waals surface area (Å²) in [5.74, 6) is 1.05. The number of piperidine rings is 2. The van der Waals surface area contributed by atoms with Gasteiger partial charge in [0.05, 0.1) is 6.54 Å². The molecular weight excluding hydrogens is 226 g/mol. The number of hydrogen-bond acceptors (Lipinski definition) is 3. The Balaban J connectivity index is 1.58. The molecule has 0 radical (unpaired) electrons. The number of carbonyl (C=O) groups excluding carboxylic acids is 1. The van der Waals surface area contributed by atoms with Gasteiger partial charge in [0.2, 0.25) is 5.91 Å². The van der Waals surface area contributed by atoms with Crippen molar-refractivity contribution >= 4 is 5.91 Å². The molecule has 0 aromatic rings. The zero-order chi connectivity index (χ0) is 12.8. The fraction of sp³-hybridized carbons (Fsp3) is 0.929. The van der Waals surface area contributed by atoms with E-state index in [9.17, 15) is 4.79 Å². The highest BCUT2D eigenvalue weighted by Crippen LogP contribution is 2.14.